The third-order valence-electron chi connectivity index (χ3n) is 1.96. The average molecular weight is 285 g/mol. The Morgan fingerprint density at radius 1 is 1.56 bits per heavy atom. The highest BCUT2D eigenvalue weighted by atomic mass is 79.9. The van der Waals surface area contributed by atoms with Crippen LogP contribution in [0.15, 0.2) is 16.9 Å². The molecule has 0 unspecified atom stereocenters. The molecule has 0 aliphatic rings. The third kappa shape index (κ3) is 2.11. The maximum Gasteiger partial charge on any atom is 0.270 e. The Morgan fingerprint density at radius 3 is 2.81 bits per heavy atom. The lowest BCUT2D eigenvalue weighted by Crippen LogP contribution is -2.11. The Labute approximate surface area is 99.4 Å². The van der Waals surface area contributed by atoms with E-state index in [4.69, 9.17) is 5.73 Å². The minimum absolute atomic E-state index is 0.145. The molecule has 0 radical (unpaired) electrons. The molecule has 0 saturated heterocycles. The summed E-state index contributed by atoms with van der Waals surface area (Å²) in [5, 5.41) is 11.6. The zero-order valence-electron chi connectivity index (χ0n) is 8.46. The van der Waals surface area contributed by atoms with Crippen molar-refractivity contribution in [3.8, 4) is 0 Å². The second kappa shape index (κ2) is 4.05. The van der Waals surface area contributed by atoms with Crippen LogP contribution in [0.1, 0.15) is 16.2 Å². The molecule has 0 aliphatic carbocycles. The summed E-state index contributed by atoms with van der Waals surface area (Å²) >= 11 is 3.37. The van der Waals surface area contributed by atoms with Crippen LogP contribution in [0.5, 0.6) is 0 Å². The molecule has 2 aromatic heterocycles. The Hall–Kier alpha value is -1.70. The fraction of sp³-hybridized carbons (Fsp3) is 0.250. The Morgan fingerprint density at radius 2 is 2.31 bits per heavy atom. The first-order valence-electron chi connectivity index (χ1n) is 4.44. The summed E-state index contributed by atoms with van der Waals surface area (Å²) < 4.78 is 4.07. The Kier molecular flexibility index (Phi) is 2.73. The number of aromatic nitrogens is 5. The van der Waals surface area contributed by atoms with Gasteiger partial charge in [0.05, 0.1) is 22.9 Å². The van der Waals surface area contributed by atoms with Crippen molar-refractivity contribution in [1.29, 1.82) is 0 Å². The molecule has 0 saturated carbocycles. The van der Waals surface area contributed by atoms with E-state index in [1.54, 1.807) is 4.68 Å². The van der Waals surface area contributed by atoms with E-state index in [0.717, 1.165) is 10.2 Å². The van der Waals surface area contributed by atoms with Crippen LogP contribution in [-0.4, -0.2) is 30.7 Å². The van der Waals surface area contributed by atoms with E-state index in [1.165, 1.54) is 10.9 Å². The predicted octanol–water partition coefficient (Wildman–Crippen LogP) is -0.0787. The van der Waals surface area contributed by atoms with E-state index >= 15 is 0 Å². The van der Waals surface area contributed by atoms with Crippen molar-refractivity contribution < 1.29 is 4.79 Å². The minimum atomic E-state index is -0.591. The van der Waals surface area contributed by atoms with Gasteiger partial charge in [-0.15, -0.1) is 5.10 Å². The van der Waals surface area contributed by atoms with Crippen LogP contribution in [-0.2, 0) is 13.6 Å². The summed E-state index contributed by atoms with van der Waals surface area (Å²) in [6.45, 7) is 0.432. The maximum absolute atomic E-state index is 10.8. The molecule has 16 heavy (non-hydrogen) atoms. The van der Waals surface area contributed by atoms with E-state index in [9.17, 15) is 4.79 Å². The number of primary amides is 1. The van der Waals surface area contributed by atoms with Crippen molar-refractivity contribution in [2.75, 3.05) is 0 Å². The normalized spacial score (nSPS) is 10.6. The van der Waals surface area contributed by atoms with Crippen LogP contribution in [0.4, 0.5) is 0 Å². The molecule has 1 amide bonds. The molecule has 2 aromatic rings. The van der Waals surface area contributed by atoms with Gasteiger partial charge in [0.25, 0.3) is 5.91 Å². The molecule has 2 N–H and O–H groups in total. The molecular weight excluding hydrogens is 276 g/mol. The summed E-state index contributed by atoms with van der Waals surface area (Å²) in [4.78, 5) is 10.8. The summed E-state index contributed by atoms with van der Waals surface area (Å²) in [7, 11) is 1.82. The van der Waals surface area contributed by atoms with E-state index in [1.807, 2.05) is 13.2 Å². The second-order valence-electron chi connectivity index (χ2n) is 3.26. The highest BCUT2D eigenvalue weighted by Crippen LogP contribution is 2.14. The lowest BCUT2D eigenvalue weighted by atomic mass is 10.4. The van der Waals surface area contributed by atoms with Crippen molar-refractivity contribution in [3.05, 3.63) is 28.3 Å². The number of carbonyl (C=O) groups is 1. The standard InChI is InChI=1S/C8H9BrN6O/c1-14-2-5(9)6(12-14)3-15-4-7(8(10)16)11-13-15/h2,4H,3H2,1H3,(H2,10,16). The first kappa shape index (κ1) is 10.8. The first-order chi connectivity index (χ1) is 7.56. The van der Waals surface area contributed by atoms with Gasteiger partial charge < -0.3 is 5.73 Å². The van der Waals surface area contributed by atoms with Gasteiger partial charge in [-0.05, 0) is 15.9 Å². The van der Waals surface area contributed by atoms with Gasteiger partial charge in [-0.3, -0.25) is 9.48 Å². The van der Waals surface area contributed by atoms with Crippen LogP contribution in [0.25, 0.3) is 0 Å². The number of carbonyl (C=O) groups excluding carboxylic acids is 1. The molecule has 2 rings (SSSR count). The lowest BCUT2D eigenvalue weighted by molar-refractivity contribution is 0.0995. The average Bonchev–Trinajstić information content (AvgIpc) is 2.75. The van der Waals surface area contributed by atoms with Gasteiger partial charge in [0, 0.05) is 13.2 Å². The molecule has 0 spiro atoms. The summed E-state index contributed by atoms with van der Waals surface area (Å²) in [6.07, 6.45) is 3.32. The van der Waals surface area contributed by atoms with Gasteiger partial charge in [-0.2, -0.15) is 5.10 Å². The SMILES string of the molecule is Cn1cc(Br)c(Cn2cc(C(N)=O)nn2)n1. The van der Waals surface area contributed by atoms with E-state index < -0.39 is 5.91 Å². The summed E-state index contributed by atoms with van der Waals surface area (Å²) in [5.74, 6) is -0.591. The maximum atomic E-state index is 10.8. The highest BCUT2D eigenvalue weighted by molar-refractivity contribution is 9.10. The smallest absolute Gasteiger partial charge is 0.270 e. The molecular formula is C8H9BrN6O. The molecule has 2 heterocycles. The number of hydrogen-bond acceptors (Lipinski definition) is 4. The van der Waals surface area contributed by atoms with Crippen LogP contribution < -0.4 is 5.73 Å². The summed E-state index contributed by atoms with van der Waals surface area (Å²) in [6, 6.07) is 0. The topological polar surface area (TPSA) is 91.6 Å². The van der Waals surface area contributed by atoms with Crippen LogP contribution in [0.3, 0.4) is 0 Å². The van der Waals surface area contributed by atoms with E-state index in [2.05, 4.69) is 31.3 Å². The Balaban J connectivity index is 2.20. The van der Waals surface area contributed by atoms with E-state index in [0.29, 0.717) is 6.54 Å². The largest absolute Gasteiger partial charge is 0.364 e. The molecule has 0 aliphatic heterocycles. The van der Waals surface area contributed by atoms with Gasteiger partial charge in [-0.1, -0.05) is 5.21 Å². The minimum Gasteiger partial charge on any atom is -0.364 e. The molecule has 0 fully saturated rings. The highest BCUT2D eigenvalue weighted by Gasteiger charge is 2.09. The zero-order chi connectivity index (χ0) is 11.7. The molecule has 8 heteroatoms. The number of halogens is 1. The lowest BCUT2D eigenvalue weighted by Gasteiger charge is -1.96. The molecule has 0 atom stereocenters. The van der Waals surface area contributed by atoms with Crippen molar-refractivity contribution in [2.24, 2.45) is 12.8 Å². The fourth-order valence-corrected chi connectivity index (χ4v) is 1.76. The molecule has 7 nitrogen and oxygen atoms in total. The fourth-order valence-electron chi connectivity index (χ4n) is 1.25. The molecule has 84 valence electrons. The first-order valence-corrected chi connectivity index (χ1v) is 5.23. The van der Waals surface area contributed by atoms with Gasteiger partial charge >= 0.3 is 0 Å². The molecule has 0 aromatic carbocycles. The number of nitrogens with zero attached hydrogens (tertiary/aromatic N) is 5. The number of hydrogen-bond donors (Lipinski definition) is 1. The number of aryl methyl sites for hydroxylation is 1. The van der Waals surface area contributed by atoms with Crippen molar-refractivity contribution in [2.45, 2.75) is 6.54 Å². The number of amides is 1. The van der Waals surface area contributed by atoms with Crippen molar-refractivity contribution >= 4 is 21.8 Å². The predicted molar refractivity (Wildman–Crippen MR) is 58.5 cm³/mol. The van der Waals surface area contributed by atoms with E-state index in [-0.39, 0.29) is 5.69 Å². The van der Waals surface area contributed by atoms with Gasteiger partial charge in [-0.25, -0.2) is 4.68 Å². The second-order valence-corrected chi connectivity index (χ2v) is 4.12. The zero-order valence-corrected chi connectivity index (χ0v) is 10.0. The van der Waals surface area contributed by atoms with Gasteiger partial charge in [0.1, 0.15) is 0 Å². The van der Waals surface area contributed by atoms with Crippen molar-refractivity contribution in [1.82, 2.24) is 24.8 Å². The van der Waals surface area contributed by atoms with Crippen LogP contribution in [0, 0.1) is 0 Å². The van der Waals surface area contributed by atoms with Gasteiger partial charge in [0.2, 0.25) is 0 Å². The quantitative estimate of drug-likeness (QED) is 0.853. The van der Waals surface area contributed by atoms with Gasteiger partial charge in [0.15, 0.2) is 5.69 Å². The summed E-state index contributed by atoms with van der Waals surface area (Å²) in [5.41, 5.74) is 6.02. The Bertz CT molecular complexity index is 530. The number of nitrogens with two attached hydrogens (primary N) is 1. The van der Waals surface area contributed by atoms with Crippen LogP contribution in [0.2, 0.25) is 0 Å². The monoisotopic (exact) mass is 284 g/mol. The number of rotatable bonds is 3. The molecule has 0 bridgehead atoms. The van der Waals surface area contributed by atoms with Crippen LogP contribution >= 0.6 is 15.9 Å². The third-order valence-corrected chi connectivity index (χ3v) is 2.62. The van der Waals surface area contributed by atoms with Crippen molar-refractivity contribution in [3.63, 3.8) is 0 Å².